The van der Waals surface area contributed by atoms with Crippen molar-refractivity contribution >= 4 is 11.9 Å². The van der Waals surface area contributed by atoms with Crippen LogP contribution in [0.5, 0.6) is 0 Å². The maximum Gasteiger partial charge on any atom is 0.268 e. The van der Waals surface area contributed by atoms with E-state index >= 15 is 0 Å². The molecule has 0 radical (unpaired) electrons. The zero-order chi connectivity index (χ0) is 7.40. The van der Waals surface area contributed by atoms with Gasteiger partial charge < -0.3 is 0 Å². The molecule has 52 valence electrons. The molecular weight excluding hydrogens is 134 g/mol. The molecule has 1 amide bonds. The number of carbonyl (C=O) groups excluding carboxylic acids is 1. The number of anilines is 1. The summed E-state index contributed by atoms with van der Waals surface area (Å²) < 4.78 is 0. The van der Waals surface area contributed by atoms with Gasteiger partial charge in [-0.3, -0.25) is 10.1 Å². The third kappa shape index (κ3) is 1.73. The largest absolute Gasteiger partial charge is 0.292 e. The van der Waals surface area contributed by atoms with E-state index in [1.165, 1.54) is 13.3 Å². The number of nitrogens with one attached hydrogen (secondary N) is 1. The van der Waals surface area contributed by atoms with Gasteiger partial charge in [-0.25, -0.2) is 0 Å². The molecular formula is C4H5N5O. The van der Waals surface area contributed by atoms with Crippen molar-refractivity contribution in [2.24, 2.45) is 0 Å². The molecule has 0 fully saturated rings. The number of hydrogen-bond donors (Lipinski definition) is 1. The predicted octanol–water partition coefficient (Wildman–Crippen LogP) is -0.775. The first kappa shape index (κ1) is 6.53. The number of carbonyl (C=O) groups is 1. The normalized spacial score (nSPS) is 8.90. The average molecular weight is 139 g/mol. The van der Waals surface area contributed by atoms with Crippen molar-refractivity contribution in [3.05, 3.63) is 6.33 Å². The molecule has 0 spiro atoms. The fourth-order valence-corrected chi connectivity index (χ4v) is 0.412. The van der Waals surface area contributed by atoms with Gasteiger partial charge >= 0.3 is 0 Å². The fourth-order valence-electron chi connectivity index (χ4n) is 0.412. The molecule has 10 heavy (non-hydrogen) atoms. The molecule has 1 aromatic heterocycles. The van der Waals surface area contributed by atoms with Crippen LogP contribution in [0.1, 0.15) is 6.92 Å². The van der Waals surface area contributed by atoms with E-state index in [0.29, 0.717) is 0 Å². The Bertz CT molecular complexity index is 222. The summed E-state index contributed by atoms with van der Waals surface area (Å²) in [4.78, 5) is 10.4. The molecule has 1 rings (SSSR count). The zero-order valence-corrected chi connectivity index (χ0v) is 5.27. The average Bonchev–Trinajstić information content (AvgIpc) is 1.88. The summed E-state index contributed by atoms with van der Waals surface area (Å²) in [6.45, 7) is 1.36. The number of nitrogens with zero attached hydrogens (tertiary/aromatic N) is 4. The Balaban J connectivity index is 2.67. The van der Waals surface area contributed by atoms with Gasteiger partial charge in [0.05, 0.1) is 0 Å². The molecule has 0 aliphatic rings. The lowest BCUT2D eigenvalue weighted by Gasteiger charge is -1.93. The van der Waals surface area contributed by atoms with E-state index in [1.807, 2.05) is 0 Å². The first-order valence-corrected chi connectivity index (χ1v) is 2.57. The van der Waals surface area contributed by atoms with Gasteiger partial charge in [-0.2, -0.15) is 0 Å². The molecule has 0 atom stereocenters. The van der Waals surface area contributed by atoms with Gasteiger partial charge in [0.1, 0.15) is 0 Å². The van der Waals surface area contributed by atoms with Gasteiger partial charge in [0.2, 0.25) is 5.91 Å². The van der Waals surface area contributed by atoms with Crippen LogP contribution in [0.3, 0.4) is 0 Å². The van der Waals surface area contributed by atoms with Crippen LogP contribution >= 0.6 is 0 Å². The van der Waals surface area contributed by atoms with Crippen LogP contribution in [-0.4, -0.2) is 26.3 Å². The van der Waals surface area contributed by atoms with E-state index in [2.05, 4.69) is 25.7 Å². The second-order valence-electron chi connectivity index (χ2n) is 1.55. The van der Waals surface area contributed by atoms with Crippen molar-refractivity contribution in [1.29, 1.82) is 0 Å². The molecule has 6 nitrogen and oxygen atoms in total. The molecule has 0 bridgehead atoms. The second-order valence-corrected chi connectivity index (χ2v) is 1.55. The molecule has 0 aliphatic heterocycles. The van der Waals surface area contributed by atoms with Gasteiger partial charge in [0.15, 0.2) is 6.33 Å². The van der Waals surface area contributed by atoms with Crippen LogP contribution < -0.4 is 5.32 Å². The van der Waals surface area contributed by atoms with Crippen LogP contribution in [0.2, 0.25) is 0 Å². The number of rotatable bonds is 1. The standard InChI is InChI=1S/C4H5N5O/c1-3(10)7-4-8-5-2-6-9-4/h2H,1H3,(H,7,8,9,10). The molecule has 0 unspecified atom stereocenters. The van der Waals surface area contributed by atoms with E-state index in [4.69, 9.17) is 0 Å². The van der Waals surface area contributed by atoms with Crippen molar-refractivity contribution in [2.45, 2.75) is 6.92 Å². The predicted molar refractivity (Wildman–Crippen MR) is 31.9 cm³/mol. The minimum absolute atomic E-state index is 0.120. The molecule has 0 aliphatic carbocycles. The minimum atomic E-state index is -0.241. The molecule has 1 N–H and O–H groups in total. The van der Waals surface area contributed by atoms with Crippen molar-refractivity contribution in [2.75, 3.05) is 5.32 Å². The third-order valence-corrected chi connectivity index (χ3v) is 0.696. The first-order valence-electron chi connectivity index (χ1n) is 2.57. The van der Waals surface area contributed by atoms with Crippen LogP contribution in [-0.2, 0) is 4.79 Å². The number of aromatic nitrogens is 4. The van der Waals surface area contributed by atoms with Crippen molar-refractivity contribution in [3.8, 4) is 0 Å². The van der Waals surface area contributed by atoms with Crippen molar-refractivity contribution in [3.63, 3.8) is 0 Å². The Kier molecular flexibility index (Phi) is 1.83. The van der Waals surface area contributed by atoms with Gasteiger partial charge in [-0.05, 0) is 0 Å². The van der Waals surface area contributed by atoms with Crippen molar-refractivity contribution in [1.82, 2.24) is 20.4 Å². The third-order valence-electron chi connectivity index (χ3n) is 0.696. The molecule has 0 saturated carbocycles. The summed E-state index contributed by atoms with van der Waals surface area (Å²) in [6.07, 6.45) is 1.19. The van der Waals surface area contributed by atoms with Crippen LogP contribution in [0.25, 0.3) is 0 Å². The monoisotopic (exact) mass is 139 g/mol. The Hall–Kier alpha value is -1.59. The Labute approximate surface area is 56.7 Å². The fraction of sp³-hybridized carbons (Fsp3) is 0.250. The van der Waals surface area contributed by atoms with E-state index < -0.39 is 0 Å². The van der Waals surface area contributed by atoms with Crippen LogP contribution in [0.15, 0.2) is 6.33 Å². The molecule has 0 saturated heterocycles. The SMILES string of the molecule is CC(=O)Nc1nncnn1. The number of amides is 1. The summed E-state index contributed by atoms with van der Waals surface area (Å²) in [6, 6.07) is 0. The number of hydrogen-bond acceptors (Lipinski definition) is 5. The first-order chi connectivity index (χ1) is 4.79. The van der Waals surface area contributed by atoms with E-state index in [1.54, 1.807) is 0 Å². The summed E-state index contributed by atoms with van der Waals surface area (Å²) >= 11 is 0. The van der Waals surface area contributed by atoms with Gasteiger partial charge in [0.25, 0.3) is 5.95 Å². The van der Waals surface area contributed by atoms with Gasteiger partial charge in [-0.1, -0.05) is 0 Å². The summed E-state index contributed by atoms with van der Waals surface area (Å²) in [7, 11) is 0. The zero-order valence-electron chi connectivity index (χ0n) is 5.27. The van der Waals surface area contributed by atoms with Gasteiger partial charge in [0, 0.05) is 6.92 Å². The lowest BCUT2D eigenvalue weighted by atomic mass is 10.7. The quantitative estimate of drug-likeness (QED) is 0.552. The summed E-state index contributed by atoms with van der Waals surface area (Å²) in [5, 5.41) is 16.0. The van der Waals surface area contributed by atoms with Gasteiger partial charge in [-0.15, -0.1) is 20.4 Å². The Morgan fingerprint density at radius 1 is 1.50 bits per heavy atom. The molecule has 0 aromatic carbocycles. The maximum absolute atomic E-state index is 10.4. The van der Waals surface area contributed by atoms with Crippen LogP contribution in [0, 0.1) is 0 Å². The van der Waals surface area contributed by atoms with Crippen LogP contribution in [0.4, 0.5) is 5.95 Å². The summed E-state index contributed by atoms with van der Waals surface area (Å²) in [5.41, 5.74) is 0. The molecule has 1 aromatic rings. The Morgan fingerprint density at radius 3 is 2.60 bits per heavy atom. The summed E-state index contributed by atoms with van der Waals surface area (Å²) in [5.74, 6) is -0.121. The topological polar surface area (TPSA) is 80.7 Å². The highest BCUT2D eigenvalue weighted by atomic mass is 16.1. The highest BCUT2D eigenvalue weighted by Crippen LogP contribution is 1.87. The maximum atomic E-state index is 10.4. The second kappa shape index (κ2) is 2.81. The Morgan fingerprint density at radius 2 is 2.10 bits per heavy atom. The molecule has 6 heteroatoms. The van der Waals surface area contributed by atoms with Crippen molar-refractivity contribution < 1.29 is 4.79 Å². The minimum Gasteiger partial charge on any atom is -0.292 e. The van der Waals surface area contributed by atoms with E-state index in [0.717, 1.165) is 0 Å². The highest BCUT2D eigenvalue weighted by Gasteiger charge is 1.95. The smallest absolute Gasteiger partial charge is 0.268 e. The lowest BCUT2D eigenvalue weighted by Crippen LogP contribution is -2.10. The lowest BCUT2D eigenvalue weighted by molar-refractivity contribution is -0.114. The molecule has 1 heterocycles. The van der Waals surface area contributed by atoms with E-state index in [-0.39, 0.29) is 11.9 Å². The van der Waals surface area contributed by atoms with E-state index in [9.17, 15) is 4.79 Å². The highest BCUT2D eigenvalue weighted by molar-refractivity contribution is 5.86.